The van der Waals surface area contributed by atoms with Crippen LogP contribution in [0, 0.1) is 11.9 Å². The number of pyridine rings is 1. The number of carbonyl (C=O) groups is 1. The van der Waals surface area contributed by atoms with Gasteiger partial charge >= 0.3 is 0 Å². The first kappa shape index (κ1) is 14.7. The molecule has 1 amide bonds. The Bertz CT molecular complexity index is 726. The number of piperidine rings is 3. The van der Waals surface area contributed by atoms with Crippen molar-refractivity contribution in [3.63, 3.8) is 0 Å². The first-order chi connectivity index (χ1) is 11.2. The Hall–Kier alpha value is -1.86. The molecule has 0 aromatic carbocycles. The quantitative estimate of drug-likeness (QED) is 0.875. The number of hydrogen-bond donors (Lipinski definition) is 1. The van der Waals surface area contributed by atoms with Gasteiger partial charge in [-0.05, 0) is 44.0 Å². The maximum absolute atomic E-state index is 13.2. The topological polar surface area (TPSA) is 58.1 Å². The summed E-state index contributed by atoms with van der Waals surface area (Å²) in [4.78, 5) is 23.5. The monoisotopic (exact) mass is 332 g/mol. The summed E-state index contributed by atoms with van der Waals surface area (Å²) in [7, 11) is 0. The van der Waals surface area contributed by atoms with Crippen LogP contribution in [0.4, 0.5) is 4.39 Å². The Kier molecular flexibility index (Phi) is 3.82. The maximum atomic E-state index is 13.2. The van der Waals surface area contributed by atoms with Gasteiger partial charge in [0.25, 0.3) is 5.91 Å². The summed E-state index contributed by atoms with van der Waals surface area (Å²) < 4.78 is 13.2. The summed E-state index contributed by atoms with van der Waals surface area (Å²) in [6, 6.07) is 4.83. The predicted molar refractivity (Wildman–Crippen MR) is 85.7 cm³/mol. The zero-order valence-electron chi connectivity index (χ0n) is 12.5. The molecule has 2 bridgehead atoms. The number of thiazole rings is 1. The molecule has 0 radical (unpaired) electrons. The zero-order valence-corrected chi connectivity index (χ0v) is 13.4. The lowest BCUT2D eigenvalue weighted by atomic mass is 9.84. The van der Waals surface area contributed by atoms with Crippen molar-refractivity contribution in [1.29, 1.82) is 0 Å². The average Bonchev–Trinajstić information content (AvgIpc) is 3.06. The summed E-state index contributed by atoms with van der Waals surface area (Å²) in [5.74, 6) is -0.0983. The lowest BCUT2D eigenvalue weighted by Gasteiger charge is -2.44. The molecule has 23 heavy (non-hydrogen) atoms. The number of nitrogens with zero attached hydrogens (tertiary/aromatic N) is 3. The fraction of sp³-hybridized carbons (Fsp3) is 0.438. The SMILES string of the molecule is O=C(NC1CN2CCC1CC2)c1ncc(-c2cccc(F)n2)s1. The van der Waals surface area contributed by atoms with Crippen LogP contribution in [0.3, 0.4) is 0 Å². The van der Waals surface area contributed by atoms with Crippen LogP contribution in [0.15, 0.2) is 24.4 Å². The van der Waals surface area contributed by atoms with Crippen molar-refractivity contribution >= 4 is 17.2 Å². The van der Waals surface area contributed by atoms with Crippen LogP contribution in [0.5, 0.6) is 0 Å². The number of halogens is 1. The van der Waals surface area contributed by atoms with Crippen LogP contribution in [-0.4, -0.2) is 46.5 Å². The first-order valence-electron chi connectivity index (χ1n) is 7.81. The van der Waals surface area contributed by atoms with E-state index in [0.717, 1.165) is 32.5 Å². The molecule has 1 atom stereocenters. The van der Waals surface area contributed by atoms with Crippen LogP contribution < -0.4 is 5.32 Å². The highest BCUT2D eigenvalue weighted by Gasteiger charge is 2.35. The molecule has 3 aliphatic heterocycles. The molecule has 5 nitrogen and oxygen atoms in total. The standard InChI is InChI=1S/C16H17FN4OS/c17-14-3-1-2-11(19-14)13-8-18-16(23-13)15(22)20-12-9-21-6-4-10(12)5-7-21/h1-3,8,10,12H,4-7,9H2,(H,20,22). The highest BCUT2D eigenvalue weighted by Crippen LogP contribution is 2.28. The third-order valence-electron chi connectivity index (χ3n) is 4.64. The average molecular weight is 332 g/mol. The molecule has 120 valence electrons. The van der Waals surface area contributed by atoms with Crippen LogP contribution in [0.1, 0.15) is 22.6 Å². The third-order valence-corrected chi connectivity index (χ3v) is 5.66. The van der Waals surface area contributed by atoms with Crippen molar-refractivity contribution < 1.29 is 9.18 Å². The number of aromatic nitrogens is 2. The van der Waals surface area contributed by atoms with Gasteiger partial charge in [0, 0.05) is 18.8 Å². The summed E-state index contributed by atoms with van der Waals surface area (Å²) in [6.07, 6.45) is 3.89. The third kappa shape index (κ3) is 2.98. The van der Waals surface area contributed by atoms with E-state index >= 15 is 0 Å². The molecule has 3 aliphatic rings. The highest BCUT2D eigenvalue weighted by molar-refractivity contribution is 7.16. The molecule has 0 spiro atoms. The van der Waals surface area contributed by atoms with Gasteiger partial charge < -0.3 is 10.2 Å². The summed E-state index contributed by atoms with van der Waals surface area (Å²) in [5.41, 5.74) is 0.504. The van der Waals surface area contributed by atoms with E-state index in [-0.39, 0.29) is 11.9 Å². The van der Waals surface area contributed by atoms with Crippen molar-refractivity contribution in [1.82, 2.24) is 20.2 Å². The van der Waals surface area contributed by atoms with Crippen LogP contribution >= 0.6 is 11.3 Å². The number of fused-ring (bicyclic) bond motifs is 3. The minimum atomic E-state index is -0.533. The van der Waals surface area contributed by atoms with E-state index < -0.39 is 5.95 Å². The smallest absolute Gasteiger partial charge is 0.280 e. The van der Waals surface area contributed by atoms with Gasteiger partial charge in [0.15, 0.2) is 5.01 Å². The van der Waals surface area contributed by atoms with Gasteiger partial charge in [0.1, 0.15) is 0 Å². The molecular formula is C16H17FN4OS. The Morgan fingerprint density at radius 2 is 2.17 bits per heavy atom. The molecule has 3 saturated heterocycles. The Morgan fingerprint density at radius 1 is 1.35 bits per heavy atom. The molecule has 0 aliphatic carbocycles. The van der Waals surface area contributed by atoms with Gasteiger partial charge in [-0.2, -0.15) is 4.39 Å². The normalized spacial score (nSPS) is 26.2. The number of nitrogens with one attached hydrogen (secondary N) is 1. The number of carbonyl (C=O) groups excluding carboxylic acids is 1. The summed E-state index contributed by atoms with van der Waals surface area (Å²) in [5, 5.41) is 3.52. The second kappa shape index (κ2) is 5.98. The minimum absolute atomic E-state index is 0.142. The number of hydrogen-bond acceptors (Lipinski definition) is 5. The Balaban J connectivity index is 1.47. The molecule has 1 N–H and O–H groups in total. The molecular weight excluding hydrogens is 315 g/mol. The van der Waals surface area contributed by atoms with Crippen molar-refractivity contribution in [2.45, 2.75) is 18.9 Å². The summed E-state index contributed by atoms with van der Waals surface area (Å²) in [6.45, 7) is 3.22. The highest BCUT2D eigenvalue weighted by atomic mass is 32.1. The predicted octanol–water partition coefficient (Wildman–Crippen LogP) is 2.17. The second-order valence-electron chi connectivity index (χ2n) is 6.09. The van der Waals surface area contributed by atoms with E-state index in [1.807, 2.05) is 0 Å². The largest absolute Gasteiger partial charge is 0.346 e. The molecule has 2 aromatic rings. The van der Waals surface area contributed by atoms with Gasteiger partial charge in [-0.25, -0.2) is 9.97 Å². The van der Waals surface area contributed by atoms with Crippen molar-refractivity contribution in [2.75, 3.05) is 19.6 Å². The van der Waals surface area contributed by atoms with Crippen LogP contribution in [0.2, 0.25) is 0 Å². The molecule has 2 aromatic heterocycles. The van der Waals surface area contributed by atoms with Gasteiger partial charge in [-0.3, -0.25) is 4.79 Å². The fourth-order valence-electron chi connectivity index (χ4n) is 3.40. The molecule has 5 rings (SSSR count). The van der Waals surface area contributed by atoms with E-state index in [0.29, 0.717) is 21.5 Å². The lowest BCUT2D eigenvalue weighted by Crippen LogP contribution is -2.57. The fourth-order valence-corrected chi connectivity index (χ4v) is 4.19. The van der Waals surface area contributed by atoms with Crippen molar-refractivity contribution in [3.05, 3.63) is 35.4 Å². The molecule has 1 unspecified atom stereocenters. The van der Waals surface area contributed by atoms with Crippen LogP contribution in [-0.2, 0) is 0 Å². The van der Waals surface area contributed by atoms with Gasteiger partial charge in [-0.15, -0.1) is 11.3 Å². The summed E-state index contributed by atoms with van der Waals surface area (Å²) >= 11 is 1.25. The van der Waals surface area contributed by atoms with E-state index in [2.05, 4.69) is 20.2 Å². The molecule has 0 saturated carbocycles. The van der Waals surface area contributed by atoms with Crippen molar-refractivity contribution in [3.8, 4) is 10.6 Å². The van der Waals surface area contributed by atoms with E-state index in [9.17, 15) is 9.18 Å². The molecule has 5 heterocycles. The van der Waals surface area contributed by atoms with Crippen molar-refractivity contribution in [2.24, 2.45) is 5.92 Å². The van der Waals surface area contributed by atoms with Gasteiger partial charge in [0.05, 0.1) is 10.6 Å². The molecule has 7 heteroatoms. The van der Waals surface area contributed by atoms with Gasteiger partial charge in [-0.1, -0.05) is 6.07 Å². The van der Waals surface area contributed by atoms with E-state index in [1.165, 1.54) is 17.4 Å². The van der Waals surface area contributed by atoms with E-state index in [4.69, 9.17) is 0 Å². The molecule has 3 fully saturated rings. The maximum Gasteiger partial charge on any atom is 0.280 e. The Morgan fingerprint density at radius 3 is 2.87 bits per heavy atom. The zero-order chi connectivity index (χ0) is 15.8. The first-order valence-corrected chi connectivity index (χ1v) is 8.62. The number of rotatable bonds is 3. The van der Waals surface area contributed by atoms with Crippen LogP contribution in [0.25, 0.3) is 10.6 Å². The van der Waals surface area contributed by atoms with E-state index in [1.54, 1.807) is 18.3 Å². The lowest BCUT2D eigenvalue weighted by molar-refractivity contribution is 0.0620. The number of amides is 1. The second-order valence-corrected chi connectivity index (χ2v) is 7.12. The Labute approximate surface area is 137 Å². The van der Waals surface area contributed by atoms with Gasteiger partial charge in [0.2, 0.25) is 5.95 Å². The minimum Gasteiger partial charge on any atom is -0.346 e.